The van der Waals surface area contributed by atoms with Gasteiger partial charge in [0.2, 0.25) is 0 Å². The molecular formula is C11H8O5S2. The largest absolute Gasteiger partial charge is 0.479 e. The molecule has 0 atom stereocenters. The summed E-state index contributed by atoms with van der Waals surface area (Å²) in [5.41, 5.74) is 1.43. The number of ether oxygens (including phenoxy) is 1. The van der Waals surface area contributed by atoms with Crippen LogP contribution in [0.15, 0.2) is 22.2 Å². The lowest BCUT2D eigenvalue weighted by atomic mass is 10.1. The Morgan fingerprint density at radius 3 is 2.61 bits per heavy atom. The predicted molar refractivity (Wildman–Crippen MR) is 67.7 cm³/mol. The Morgan fingerprint density at radius 1 is 1.28 bits per heavy atom. The fourth-order valence-electron chi connectivity index (χ4n) is 1.39. The maximum atomic E-state index is 11.0. The van der Waals surface area contributed by atoms with Crippen molar-refractivity contribution in [1.29, 1.82) is 0 Å². The van der Waals surface area contributed by atoms with Crippen LogP contribution in [0.25, 0.3) is 11.1 Å². The maximum Gasteiger partial charge on any atom is 0.349 e. The molecule has 2 heterocycles. The highest BCUT2D eigenvalue weighted by Crippen LogP contribution is 2.39. The summed E-state index contributed by atoms with van der Waals surface area (Å²) < 4.78 is 5.09. The van der Waals surface area contributed by atoms with Gasteiger partial charge in [-0.15, -0.1) is 11.3 Å². The summed E-state index contributed by atoms with van der Waals surface area (Å²) >= 11 is 2.49. The van der Waals surface area contributed by atoms with E-state index in [1.54, 1.807) is 5.38 Å². The Bertz CT molecular complexity index is 570. The average molecular weight is 284 g/mol. The standard InChI is InChI=1S/C11H8O5S2/c12-8(13)3-16-9-7(6-1-2-17-4-6)5-18-10(9)11(14)15/h1-2,4-5H,3H2,(H,12,13)(H,14,15). The molecule has 0 saturated carbocycles. The molecular weight excluding hydrogens is 276 g/mol. The van der Waals surface area contributed by atoms with Gasteiger partial charge < -0.3 is 14.9 Å². The van der Waals surface area contributed by atoms with Crippen molar-refractivity contribution in [2.75, 3.05) is 6.61 Å². The lowest BCUT2D eigenvalue weighted by Crippen LogP contribution is -2.11. The van der Waals surface area contributed by atoms with Gasteiger partial charge in [0.25, 0.3) is 0 Å². The third kappa shape index (κ3) is 2.52. The van der Waals surface area contributed by atoms with E-state index in [2.05, 4.69) is 0 Å². The van der Waals surface area contributed by atoms with E-state index in [1.165, 1.54) is 11.3 Å². The third-order valence-corrected chi connectivity index (χ3v) is 3.74. The summed E-state index contributed by atoms with van der Waals surface area (Å²) in [6, 6.07) is 1.83. The molecule has 0 aliphatic carbocycles. The highest BCUT2D eigenvalue weighted by Gasteiger charge is 2.20. The van der Waals surface area contributed by atoms with E-state index in [0.717, 1.165) is 16.9 Å². The van der Waals surface area contributed by atoms with Crippen LogP contribution in [0.3, 0.4) is 0 Å². The van der Waals surface area contributed by atoms with Gasteiger partial charge >= 0.3 is 11.9 Å². The molecule has 2 aromatic heterocycles. The molecule has 0 fully saturated rings. The summed E-state index contributed by atoms with van der Waals surface area (Å²) in [6.45, 7) is -0.561. The van der Waals surface area contributed by atoms with Gasteiger partial charge in [0.15, 0.2) is 17.2 Å². The van der Waals surface area contributed by atoms with E-state index >= 15 is 0 Å². The predicted octanol–water partition coefficient (Wildman–Crippen LogP) is 2.64. The number of carboxylic acids is 2. The topological polar surface area (TPSA) is 83.8 Å². The van der Waals surface area contributed by atoms with E-state index in [1.807, 2.05) is 16.8 Å². The van der Waals surface area contributed by atoms with Gasteiger partial charge in [-0.3, -0.25) is 0 Å². The van der Waals surface area contributed by atoms with Gasteiger partial charge in [0, 0.05) is 10.9 Å². The molecule has 0 spiro atoms. The minimum Gasteiger partial charge on any atom is -0.479 e. The van der Waals surface area contributed by atoms with Crippen LogP contribution in [0.4, 0.5) is 0 Å². The van der Waals surface area contributed by atoms with E-state index in [0.29, 0.717) is 5.56 Å². The Balaban J connectivity index is 2.41. The van der Waals surface area contributed by atoms with E-state index in [9.17, 15) is 9.59 Å². The van der Waals surface area contributed by atoms with Crippen LogP contribution in [0.5, 0.6) is 5.75 Å². The van der Waals surface area contributed by atoms with Crippen LogP contribution in [0.1, 0.15) is 9.67 Å². The molecule has 94 valence electrons. The first-order valence-electron chi connectivity index (χ1n) is 4.81. The number of aliphatic carboxylic acids is 1. The molecule has 2 N–H and O–H groups in total. The van der Waals surface area contributed by atoms with Crippen molar-refractivity contribution >= 4 is 34.6 Å². The van der Waals surface area contributed by atoms with E-state index in [-0.39, 0.29) is 10.6 Å². The lowest BCUT2D eigenvalue weighted by molar-refractivity contribution is -0.139. The monoisotopic (exact) mass is 284 g/mol. The van der Waals surface area contributed by atoms with Crippen molar-refractivity contribution in [2.24, 2.45) is 0 Å². The first-order valence-corrected chi connectivity index (χ1v) is 6.63. The van der Waals surface area contributed by atoms with Crippen molar-refractivity contribution in [3.63, 3.8) is 0 Å². The second kappa shape index (κ2) is 5.19. The van der Waals surface area contributed by atoms with E-state index in [4.69, 9.17) is 14.9 Å². The Labute approximate surface area is 110 Å². The van der Waals surface area contributed by atoms with Crippen LogP contribution in [-0.4, -0.2) is 28.8 Å². The highest BCUT2D eigenvalue weighted by atomic mass is 32.1. The Kier molecular flexibility index (Phi) is 3.63. The minimum atomic E-state index is -1.14. The van der Waals surface area contributed by atoms with Crippen molar-refractivity contribution < 1.29 is 24.5 Å². The Morgan fingerprint density at radius 2 is 2.06 bits per heavy atom. The van der Waals surface area contributed by atoms with Crippen LogP contribution in [0, 0.1) is 0 Å². The molecule has 2 aromatic rings. The molecule has 18 heavy (non-hydrogen) atoms. The van der Waals surface area contributed by atoms with Gasteiger partial charge in [0.1, 0.15) is 0 Å². The fourth-order valence-corrected chi connectivity index (χ4v) is 2.90. The second-order valence-electron chi connectivity index (χ2n) is 3.31. The smallest absolute Gasteiger partial charge is 0.349 e. The normalized spacial score (nSPS) is 10.2. The molecule has 0 bridgehead atoms. The molecule has 0 radical (unpaired) electrons. The molecule has 0 saturated heterocycles. The first kappa shape index (κ1) is 12.6. The zero-order valence-electron chi connectivity index (χ0n) is 8.95. The van der Waals surface area contributed by atoms with Crippen LogP contribution < -0.4 is 4.74 Å². The molecule has 0 aliphatic rings. The quantitative estimate of drug-likeness (QED) is 0.881. The van der Waals surface area contributed by atoms with Crippen LogP contribution in [0.2, 0.25) is 0 Å². The fraction of sp³-hybridized carbons (Fsp3) is 0.0909. The molecule has 0 unspecified atom stereocenters. The molecule has 7 heteroatoms. The summed E-state index contributed by atoms with van der Waals surface area (Å²) in [5, 5.41) is 23.0. The zero-order valence-corrected chi connectivity index (χ0v) is 10.6. The average Bonchev–Trinajstić information content (AvgIpc) is 2.94. The highest BCUT2D eigenvalue weighted by molar-refractivity contribution is 7.13. The van der Waals surface area contributed by atoms with Gasteiger partial charge in [-0.05, 0) is 22.4 Å². The summed E-state index contributed by atoms with van der Waals surface area (Å²) in [5.74, 6) is -2.15. The number of hydrogen-bond donors (Lipinski definition) is 2. The maximum absolute atomic E-state index is 11.0. The third-order valence-electron chi connectivity index (χ3n) is 2.11. The van der Waals surface area contributed by atoms with Crippen molar-refractivity contribution in [2.45, 2.75) is 0 Å². The van der Waals surface area contributed by atoms with Crippen molar-refractivity contribution in [1.82, 2.24) is 0 Å². The van der Waals surface area contributed by atoms with Gasteiger partial charge in [0.05, 0.1) is 0 Å². The summed E-state index contributed by atoms with van der Waals surface area (Å²) in [7, 11) is 0. The number of aromatic carboxylic acids is 1. The number of carboxylic acid groups (broad SMARTS) is 2. The minimum absolute atomic E-state index is 0.0115. The lowest BCUT2D eigenvalue weighted by Gasteiger charge is -2.05. The number of thiophene rings is 2. The first-order chi connectivity index (χ1) is 8.59. The molecule has 0 amide bonds. The molecule has 2 rings (SSSR count). The summed E-state index contributed by atoms with van der Waals surface area (Å²) in [6.07, 6.45) is 0. The summed E-state index contributed by atoms with van der Waals surface area (Å²) in [4.78, 5) is 21.6. The molecule has 0 aromatic carbocycles. The molecule has 5 nitrogen and oxygen atoms in total. The van der Waals surface area contributed by atoms with Crippen molar-refractivity contribution in [3.05, 3.63) is 27.1 Å². The van der Waals surface area contributed by atoms with Crippen LogP contribution in [-0.2, 0) is 4.79 Å². The van der Waals surface area contributed by atoms with Crippen molar-refractivity contribution in [3.8, 4) is 16.9 Å². The zero-order chi connectivity index (χ0) is 13.1. The van der Waals surface area contributed by atoms with Gasteiger partial charge in [-0.25, -0.2) is 9.59 Å². The SMILES string of the molecule is O=C(O)COc1c(-c2ccsc2)csc1C(=O)O. The second-order valence-corrected chi connectivity index (χ2v) is 4.97. The van der Waals surface area contributed by atoms with Gasteiger partial charge in [-0.2, -0.15) is 11.3 Å². The van der Waals surface area contributed by atoms with Crippen LogP contribution >= 0.6 is 22.7 Å². The van der Waals surface area contributed by atoms with Gasteiger partial charge in [-0.1, -0.05) is 0 Å². The number of hydrogen-bond acceptors (Lipinski definition) is 5. The number of carbonyl (C=O) groups is 2. The molecule has 0 aliphatic heterocycles. The van der Waals surface area contributed by atoms with E-state index < -0.39 is 18.5 Å². The number of rotatable bonds is 5. The Hall–Kier alpha value is -1.86.